The van der Waals surface area contributed by atoms with Crippen LogP contribution < -0.4 is 4.74 Å². The first-order valence-corrected chi connectivity index (χ1v) is 4.49. The number of hydrogen-bond donors (Lipinski definition) is 1. The lowest BCUT2D eigenvalue weighted by molar-refractivity contribution is 0.119. The van der Waals surface area contributed by atoms with E-state index in [9.17, 15) is 8.78 Å². The number of alkyl halides is 1. The lowest BCUT2D eigenvalue weighted by Crippen LogP contribution is -2.19. The van der Waals surface area contributed by atoms with Crippen LogP contribution in [0.2, 0.25) is 0 Å². The molecule has 0 fully saturated rings. The molecule has 2 nitrogen and oxygen atoms in total. The van der Waals surface area contributed by atoms with Crippen LogP contribution in [0.25, 0.3) is 0 Å². The number of halogens is 3. The molecule has 0 amide bonds. The third-order valence-corrected chi connectivity index (χ3v) is 1.87. The summed E-state index contributed by atoms with van der Waals surface area (Å²) in [6.45, 7) is -0.235. The van der Waals surface area contributed by atoms with E-state index in [2.05, 4.69) is 0 Å². The number of para-hydroxylation sites is 1. The number of hydrogen-bond acceptors (Lipinski definition) is 2. The first-order chi connectivity index (χ1) is 6.65. The Bertz CT molecular complexity index is 287. The van der Waals surface area contributed by atoms with Crippen molar-refractivity contribution in [3.8, 4) is 5.75 Å². The van der Waals surface area contributed by atoms with Gasteiger partial charge in [-0.15, -0.1) is 11.6 Å². The highest BCUT2D eigenvalue weighted by Gasteiger charge is 2.11. The van der Waals surface area contributed by atoms with Gasteiger partial charge in [-0.05, 0) is 12.1 Å². The zero-order valence-electron chi connectivity index (χ0n) is 7.21. The van der Waals surface area contributed by atoms with Gasteiger partial charge >= 0.3 is 0 Å². The molecule has 5 heteroatoms. The molecule has 0 heterocycles. The lowest BCUT2D eigenvalue weighted by atomic mass is 10.3. The van der Waals surface area contributed by atoms with Crippen LogP contribution >= 0.6 is 11.6 Å². The molecule has 1 N–H and O–H groups in total. The highest BCUT2D eigenvalue weighted by Crippen LogP contribution is 2.20. The fraction of sp³-hybridized carbons (Fsp3) is 0.333. The molecule has 1 aromatic rings. The van der Waals surface area contributed by atoms with E-state index in [-0.39, 0.29) is 12.5 Å². The van der Waals surface area contributed by atoms with Crippen molar-refractivity contribution in [2.24, 2.45) is 0 Å². The molecule has 78 valence electrons. The molecule has 1 aromatic carbocycles. The van der Waals surface area contributed by atoms with Crippen molar-refractivity contribution in [2.45, 2.75) is 6.10 Å². The van der Waals surface area contributed by atoms with Gasteiger partial charge in [-0.2, -0.15) is 0 Å². The zero-order valence-corrected chi connectivity index (χ0v) is 7.97. The number of benzene rings is 1. The van der Waals surface area contributed by atoms with E-state index in [1.807, 2.05) is 0 Å². The Kier molecular flexibility index (Phi) is 4.10. The molecule has 1 atom stereocenters. The van der Waals surface area contributed by atoms with Gasteiger partial charge in [0, 0.05) is 0 Å². The molecule has 0 aliphatic carbocycles. The zero-order chi connectivity index (χ0) is 10.6. The Morgan fingerprint density at radius 1 is 1.36 bits per heavy atom. The number of rotatable bonds is 4. The van der Waals surface area contributed by atoms with Crippen LogP contribution in [0.3, 0.4) is 0 Å². The fourth-order valence-electron chi connectivity index (χ4n) is 0.844. The summed E-state index contributed by atoms with van der Waals surface area (Å²) in [4.78, 5) is 0. The second-order valence-electron chi connectivity index (χ2n) is 2.67. The molecule has 0 saturated carbocycles. The summed E-state index contributed by atoms with van der Waals surface area (Å²) in [6, 6.07) is 3.38. The highest BCUT2D eigenvalue weighted by molar-refractivity contribution is 6.18. The Balaban J connectivity index is 2.66. The smallest absolute Gasteiger partial charge is 0.190 e. The van der Waals surface area contributed by atoms with Gasteiger partial charge in [0.05, 0.1) is 5.88 Å². The molecular formula is C9H9ClF2O2. The van der Waals surface area contributed by atoms with Crippen LogP contribution in [0.1, 0.15) is 0 Å². The SMILES string of the molecule is OC(CCl)COc1c(F)cccc1F. The molecular weight excluding hydrogens is 214 g/mol. The second-order valence-corrected chi connectivity index (χ2v) is 2.98. The third-order valence-electron chi connectivity index (χ3n) is 1.52. The van der Waals surface area contributed by atoms with E-state index in [0.717, 1.165) is 12.1 Å². The van der Waals surface area contributed by atoms with Gasteiger partial charge in [0.2, 0.25) is 0 Å². The van der Waals surface area contributed by atoms with Crippen LogP contribution in [-0.4, -0.2) is 23.7 Å². The van der Waals surface area contributed by atoms with E-state index in [1.165, 1.54) is 6.07 Å². The maximum atomic E-state index is 12.9. The monoisotopic (exact) mass is 222 g/mol. The molecule has 0 aliphatic rings. The van der Waals surface area contributed by atoms with Crippen molar-refractivity contribution in [2.75, 3.05) is 12.5 Å². The maximum Gasteiger partial charge on any atom is 0.190 e. The molecule has 0 spiro atoms. The Hall–Kier alpha value is -0.870. The first-order valence-electron chi connectivity index (χ1n) is 3.96. The van der Waals surface area contributed by atoms with Gasteiger partial charge in [0.15, 0.2) is 17.4 Å². The molecule has 1 rings (SSSR count). The van der Waals surface area contributed by atoms with Crippen LogP contribution in [-0.2, 0) is 0 Å². The Labute approximate surface area is 85.1 Å². The second kappa shape index (κ2) is 5.12. The minimum atomic E-state index is -0.935. The van der Waals surface area contributed by atoms with Crippen molar-refractivity contribution in [3.05, 3.63) is 29.8 Å². The summed E-state index contributed by atoms with van der Waals surface area (Å²) in [5.41, 5.74) is 0. The van der Waals surface area contributed by atoms with E-state index < -0.39 is 23.5 Å². The third kappa shape index (κ3) is 2.82. The van der Waals surface area contributed by atoms with Crippen molar-refractivity contribution in [1.29, 1.82) is 0 Å². The molecule has 0 aliphatic heterocycles. The van der Waals surface area contributed by atoms with Gasteiger partial charge in [0.1, 0.15) is 12.7 Å². The molecule has 0 aromatic heterocycles. The summed E-state index contributed by atoms with van der Waals surface area (Å²) in [5.74, 6) is -2.13. The Morgan fingerprint density at radius 2 is 1.93 bits per heavy atom. The van der Waals surface area contributed by atoms with E-state index in [1.54, 1.807) is 0 Å². The van der Waals surface area contributed by atoms with Gasteiger partial charge < -0.3 is 9.84 Å². The van der Waals surface area contributed by atoms with Gasteiger partial charge in [-0.3, -0.25) is 0 Å². The molecule has 0 saturated heterocycles. The van der Waals surface area contributed by atoms with Gasteiger partial charge in [-0.1, -0.05) is 6.07 Å². The predicted octanol–water partition coefficient (Wildman–Crippen LogP) is 1.94. The average molecular weight is 223 g/mol. The minimum absolute atomic E-state index is 0.0456. The standard InChI is InChI=1S/C9H9ClF2O2/c10-4-6(13)5-14-9-7(11)2-1-3-8(9)12/h1-3,6,13H,4-5H2. The van der Waals surface area contributed by atoms with Crippen LogP contribution in [0.15, 0.2) is 18.2 Å². The molecule has 0 radical (unpaired) electrons. The molecule has 14 heavy (non-hydrogen) atoms. The van der Waals surface area contributed by atoms with Crippen molar-refractivity contribution in [3.63, 3.8) is 0 Å². The number of ether oxygens (including phenoxy) is 1. The van der Waals surface area contributed by atoms with Crippen LogP contribution in [0, 0.1) is 11.6 Å². The Morgan fingerprint density at radius 3 is 2.43 bits per heavy atom. The predicted molar refractivity (Wildman–Crippen MR) is 48.6 cm³/mol. The summed E-state index contributed by atoms with van der Waals surface area (Å²) >= 11 is 5.28. The van der Waals surface area contributed by atoms with Crippen molar-refractivity contribution >= 4 is 11.6 Å². The van der Waals surface area contributed by atoms with Gasteiger partial charge in [0.25, 0.3) is 0 Å². The van der Waals surface area contributed by atoms with Crippen LogP contribution in [0.5, 0.6) is 5.75 Å². The summed E-state index contributed by atoms with van der Waals surface area (Å²) < 4.78 is 30.6. The van der Waals surface area contributed by atoms with Crippen molar-refractivity contribution < 1.29 is 18.6 Å². The van der Waals surface area contributed by atoms with E-state index >= 15 is 0 Å². The quantitative estimate of drug-likeness (QED) is 0.789. The van der Waals surface area contributed by atoms with Crippen LogP contribution in [0.4, 0.5) is 8.78 Å². The topological polar surface area (TPSA) is 29.5 Å². The highest BCUT2D eigenvalue weighted by atomic mass is 35.5. The largest absolute Gasteiger partial charge is 0.485 e. The molecule has 1 unspecified atom stereocenters. The first kappa shape index (κ1) is 11.2. The lowest BCUT2D eigenvalue weighted by Gasteiger charge is -2.10. The fourth-order valence-corrected chi connectivity index (χ4v) is 0.934. The summed E-state index contributed by atoms with van der Waals surface area (Å²) in [5, 5.41) is 9.00. The maximum absolute atomic E-state index is 12.9. The normalized spacial score (nSPS) is 12.6. The van der Waals surface area contributed by atoms with E-state index in [4.69, 9.17) is 21.4 Å². The average Bonchev–Trinajstić information content (AvgIpc) is 2.16. The molecule has 0 bridgehead atoms. The van der Waals surface area contributed by atoms with E-state index in [0.29, 0.717) is 0 Å². The number of aliphatic hydroxyl groups excluding tert-OH is 1. The van der Waals surface area contributed by atoms with Gasteiger partial charge in [-0.25, -0.2) is 8.78 Å². The van der Waals surface area contributed by atoms with Crippen molar-refractivity contribution in [1.82, 2.24) is 0 Å². The number of aliphatic hydroxyl groups is 1. The minimum Gasteiger partial charge on any atom is -0.485 e. The summed E-state index contributed by atoms with van der Waals surface area (Å²) in [6.07, 6.45) is -0.935. The summed E-state index contributed by atoms with van der Waals surface area (Å²) in [7, 11) is 0.